The van der Waals surface area contributed by atoms with Crippen molar-refractivity contribution in [1.29, 1.82) is 0 Å². The fraction of sp³-hybridized carbons (Fsp3) is 0.435. The Balaban J connectivity index is 1.60. The summed E-state index contributed by atoms with van der Waals surface area (Å²) in [6, 6.07) is 10.9. The summed E-state index contributed by atoms with van der Waals surface area (Å²) in [5.74, 6) is 1.07. The molecular formula is C23H30N4O4. The lowest BCUT2D eigenvalue weighted by molar-refractivity contribution is 0.0526. The number of para-hydroxylation sites is 2. The largest absolute Gasteiger partial charge is 0.489 e. The molecule has 1 aliphatic heterocycles. The van der Waals surface area contributed by atoms with E-state index < -0.39 is 0 Å². The maximum Gasteiger partial charge on any atom is 0.339 e. The number of ether oxygens (including phenoxy) is 2. The van der Waals surface area contributed by atoms with Crippen molar-refractivity contribution < 1.29 is 19.1 Å². The third-order valence-corrected chi connectivity index (χ3v) is 4.86. The average molecular weight is 427 g/mol. The van der Waals surface area contributed by atoms with Crippen LogP contribution in [0.5, 0.6) is 5.75 Å². The van der Waals surface area contributed by atoms with E-state index >= 15 is 0 Å². The lowest BCUT2D eigenvalue weighted by Gasteiger charge is -2.23. The zero-order valence-corrected chi connectivity index (χ0v) is 18.3. The predicted molar refractivity (Wildman–Crippen MR) is 120 cm³/mol. The van der Waals surface area contributed by atoms with Crippen molar-refractivity contribution in [2.45, 2.75) is 33.3 Å². The number of aromatic nitrogens is 1. The molecule has 1 aromatic carbocycles. The molecule has 31 heavy (non-hydrogen) atoms. The fourth-order valence-corrected chi connectivity index (χ4v) is 3.38. The van der Waals surface area contributed by atoms with Gasteiger partial charge in [0, 0.05) is 32.4 Å². The third kappa shape index (κ3) is 6.10. The molecule has 0 spiro atoms. The van der Waals surface area contributed by atoms with Gasteiger partial charge in [-0.15, -0.1) is 0 Å². The fourth-order valence-electron chi connectivity index (χ4n) is 3.38. The first kappa shape index (κ1) is 22.4. The number of anilines is 2. The molecule has 0 bridgehead atoms. The van der Waals surface area contributed by atoms with Gasteiger partial charge >= 0.3 is 12.0 Å². The van der Waals surface area contributed by atoms with Crippen LogP contribution in [-0.2, 0) is 4.74 Å². The first-order valence-corrected chi connectivity index (χ1v) is 10.7. The van der Waals surface area contributed by atoms with Gasteiger partial charge in [0.25, 0.3) is 0 Å². The number of rotatable bonds is 6. The van der Waals surface area contributed by atoms with Crippen LogP contribution in [0.2, 0.25) is 0 Å². The molecule has 0 saturated carbocycles. The zero-order valence-electron chi connectivity index (χ0n) is 18.3. The van der Waals surface area contributed by atoms with Crippen LogP contribution < -0.4 is 15.0 Å². The number of esters is 1. The molecule has 8 heteroatoms. The molecule has 0 unspecified atom stereocenters. The first-order chi connectivity index (χ1) is 15.0. The van der Waals surface area contributed by atoms with Crippen LogP contribution in [-0.4, -0.2) is 60.8 Å². The number of urea groups is 1. The van der Waals surface area contributed by atoms with Gasteiger partial charge in [-0.05, 0) is 51.5 Å². The van der Waals surface area contributed by atoms with E-state index in [1.54, 1.807) is 17.9 Å². The maximum absolute atomic E-state index is 12.9. The topological polar surface area (TPSA) is 84.0 Å². The highest BCUT2D eigenvalue weighted by atomic mass is 16.5. The number of carbonyl (C=O) groups excluding carboxylic acids is 2. The number of carbonyl (C=O) groups is 2. The van der Waals surface area contributed by atoms with Crippen LogP contribution in [0.25, 0.3) is 0 Å². The Hall–Kier alpha value is -3.29. The van der Waals surface area contributed by atoms with E-state index in [9.17, 15) is 9.59 Å². The molecule has 1 aliphatic rings. The normalized spacial score (nSPS) is 14.2. The highest BCUT2D eigenvalue weighted by molar-refractivity contribution is 5.91. The summed E-state index contributed by atoms with van der Waals surface area (Å²) in [7, 11) is 0. The summed E-state index contributed by atoms with van der Waals surface area (Å²) in [6.07, 6.45) is 2.38. The molecule has 2 amide bonds. The number of pyridine rings is 1. The number of nitrogens with one attached hydrogen (secondary N) is 1. The van der Waals surface area contributed by atoms with E-state index in [1.807, 2.05) is 44.2 Å². The summed E-state index contributed by atoms with van der Waals surface area (Å²) >= 11 is 0. The molecular weight excluding hydrogens is 396 g/mol. The minimum atomic E-state index is -0.373. The zero-order chi connectivity index (χ0) is 22.2. The van der Waals surface area contributed by atoms with Crippen LogP contribution in [0.4, 0.5) is 16.3 Å². The smallest absolute Gasteiger partial charge is 0.339 e. The van der Waals surface area contributed by atoms with Crippen LogP contribution in [0.3, 0.4) is 0 Å². The molecule has 3 rings (SSSR count). The van der Waals surface area contributed by atoms with Crippen molar-refractivity contribution >= 4 is 23.5 Å². The molecule has 0 atom stereocenters. The third-order valence-electron chi connectivity index (χ3n) is 4.86. The maximum atomic E-state index is 12.9. The van der Waals surface area contributed by atoms with Crippen LogP contribution >= 0.6 is 0 Å². The lowest BCUT2D eigenvalue weighted by Crippen LogP contribution is -2.38. The molecule has 1 aromatic heterocycles. The molecule has 0 aliphatic carbocycles. The molecule has 2 aromatic rings. The molecule has 1 fully saturated rings. The second-order valence-corrected chi connectivity index (χ2v) is 7.55. The second-order valence-electron chi connectivity index (χ2n) is 7.55. The molecule has 166 valence electrons. The summed E-state index contributed by atoms with van der Waals surface area (Å²) in [5.41, 5.74) is 1.10. The van der Waals surface area contributed by atoms with E-state index in [4.69, 9.17) is 9.47 Å². The van der Waals surface area contributed by atoms with Crippen molar-refractivity contribution in [1.82, 2.24) is 9.88 Å². The van der Waals surface area contributed by atoms with Crippen molar-refractivity contribution in [3.8, 4) is 5.75 Å². The SMILES string of the molecule is CCOC(=O)c1ccc(N2CCCN(C(=O)Nc3ccccc3OC(C)C)CC2)nc1. The number of nitrogens with zero attached hydrogens (tertiary/aromatic N) is 3. The average Bonchev–Trinajstić information content (AvgIpc) is 3.01. The highest BCUT2D eigenvalue weighted by Gasteiger charge is 2.21. The van der Waals surface area contributed by atoms with Crippen LogP contribution in [0, 0.1) is 0 Å². The van der Waals surface area contributed by atoms with Crippen LogP contribution in [0.15, 0.2) is 42.6 Å². The second kappa shape index (κ2) is 10.7. The van der Waals surface area contributed by atoms with Gasteiger partial charge in [0.1, 0.15) is 11.6 Å². The quantitative estimate of drug-likeness (QED) is 0.708. The van der Waals surface area contributed by atoms with Gasteiger partial charge in [0.15, 0.2) is 0 Å². The molecule has 1 saturated heterocycles. The minimum absolute atomic E-state index is 0.0208. The monoisotopic (exact) mass is 426 g/mol. The van der Waals surface area contributed by atoms with Gasteiger partial charge in [0.05, 0.1) is 24.0 Å². The lowest BCUT2D eigenvalue weighted by atomic mass is 10.2. The van der Waals surface area contributed by atoms with E-state index in [-0.39, 0.29) is 18.1 Å². The minimum Gasteiger partial charge on any atom is -0.489 e. The van der Waals surface area contributed by atoms with Crippen LogP contribution in [0.1, 0.15) is 37.6 Å². The molecule has 2 heterocycles. The summed E-state index contributed by atoms with van der Waals surface area (Å²) in [4.78, 5) is 33.0. The van der Waals surface area contributed by atoms with Gasteiger partial charge in [-0.25, -0.2) is 14.6 Å². The van der Waals surface area contributed by atoms with Crippen molar-refractivity contribution in [3.05, 3.63) is 48.2 Å². The number of benzene rings is 1. The number of hydrogen-bond acceptors (Lipinski definition) is 6. The van der Waals surface area contributed by atoms with Crippen molar-refractivity contribution in [2.24, 2.45) is 0 Å². The van der Waals surface area contributed by atoms with E-state index in [2.05, 4.69) is 15.2 Å². The molecule has 0 radical (unpaired) electrons. The van der Waals surface area contributed by atoms with E-state index in [0.717, 1.165) is 18.8 Å². The van der Waals surface area contributed by atoms with Gasteiger partial charge in [-0.1, -0.05) is 12.1 Å². The standard InChI is InChI=1S/C23H30N4O4/c1-4-30-22(28)18-10-11-21(24-16-18)26-12-7-13-27(15-14-26)23(29)25-19-8-5-6-9-20(19)31-17(2)3/h5-6,8-11,16-17H,4,7,12-15H2,1-3H3,(H,25,29). The Bertz CT molecular complexity index is 885. The number of amides is 2. The molecule has 8 nitrogen and oxygen atoms in total. The van der Waals surface area contributed by atoms with Gasteiger partial charge in [-0.2, -0.15) is 0 Å². The predicted octanol–water partition coefficient (Wildman–Crippen LogP) is 3.79. The van der Waals surface area contributed by atoms with E-state index in [0.29, 0.717) is 43.2 Å². The Morgan fingerprint density at radius 3 is 2.61 bits per heavy atom. The van der Waals surface area contributed by atoms with Crippen molar-refractivity contribution in [3.63, 3.8) is 0 Å². The first-order valence-electron chi connectivity index (χ1n) is 10.7. The Morgan fingerprint density at radius 2 is 1.90 bits per heavy atom. The Kier molecular flexibility index (Phi) is 7.70. The molecule has 1 N–H and O–H groups in total. The Labute approximate surface area is 183 Å². The van der Waals surface area contributed by atoms with E-state index in [1.165, 1.54) is 6.20 Å². The Morgan fingerprint density at radius 1 is 1.10 bits per heavy atom. The van der Waals surface area contributed by atoms with Gasteiger partial charge in [0.2, 0.25) is 0 Å². The number of hydrogen-bond donors (Lipinski definition) is 1. The summed E-state index contributed by atoms with van der Waals surface area (Å²) in [6.45, 7) is 8.67. The van der Waals surface area contributed by atoms with Crippen molar-refractivity contribution in [2.75, 3.05) is 43.0 Å². The van der Waals surface area contributed by atoms with Gasteiger partial charge in [-0.3, -0.25) is 0 Å². The highest BCUT2D eigenvalue weighted by Crippen LogP contribution is 2.25. The summed E-state index contributed by atoms with van der Waals surface area (Å²) in [5, 5.41) is 2.98. The summed E-state index contributed by atoms with van der Waals surface area (Å²) < 4.78 is 10.8. The van der Waals surface area contributed by atoms with Gasteiger partial charge < -0.3 is 24.6 Å².